The third kappa shape index (κ3) is 5.14. The number of amides is 1. The van der Waals surface area contributed by atoms with E-state index in [9.17, 15) is 4.79 Å². The summed E-state index contributed by atoms with van der Waals surface area (Å²) in [5.74, 6) is 0.268. The molecular formula is C21H22ClN3O2S. The molecule has 0 aliphatic heterocycles. The van der Waals surface area contributed by atoms with Gasteiger partial charge in [0, 0.05) is 16.3 Å². The molecule has 0 spiro atoms. The monoisotopic (exact) mass is 415 g/mol. The minimum Gasteiger partial charge on any atom is -0.411 e. The van der Waals surface area contributed by atoms with E-state index in [0.29, 0.717) is 16.1 Å². The molecule has 1 amide bonds. The Morgan fingerprint density at radius 1 is 1.07 bits per heavy atom. The van der Waals surface area contributed by atoms with Crippen molar-refractivity contribution in [1.29, 1.82) is 0 Å². The van der Waals surface area contributed by atoms with E-state index in [2.05, 4.69) is 36.3 Å². The number of hydrogen-bond donors (Lipinski definition) is 1. The lowest BCUT2D eigenvalue weighted by molar-refractivity contribution is -0.115. The Labute approximate surface area is 173 Å². The van der Waals surface area contributed by atoms with Gasteiger partial charge in [0.2, 0.25) is 11.8 Å². The van der Waals surface area contributed by atoms with E-state index in [0.717, 1.165) is 11.3 Å². The number of halogens is 1. The van der Waals surface area contributed by atoms with Crippen molar-refractivity contribution in [2.45, 2.75) is 43.6 Å². The van der Waals surface area contributed by atoms with Gasteiger partial charge >= 0.3 is 0 Å². The molecule has 1 heterocycles. The molecular weight excluding hydrogens is 394 g/mol. The number of anilines is 1. The quantitative estimate of drug-likeness (QED) is 0.533. The zero-order valence-corrected chi connectivity index (χ0v) is 17.8. The van der Waals surface area contributed by atoms with Gasteiger partial charge in [-0.1, -0.05) is 56.3 Å². The maximum absolute atomic E-state index is 12.5. The molecule has 28 heavy (non-hydrogen) atoms. The summed E-state index contributed by atoms with van der Waals surface area (Å²) in [5, 5.41) is 11.6. The van der Waals surface area contributed by atoms with Crippen LogP contribution in [0.15, 0.2) is 58.2 Å². The van der Waals surface area contributed by atoms with E-state index in [1.807, 2.05) is 36.4 Å². The fourth-order valence-electron chi connectivity index (χ4n) is 2.47. The largest absolute Gasteiger partial charge is 0.411 e. The van der Waals surface area contributed by atoms with E-state index in [-0.39, 0.29) is 16.6 Å². The van der Waals surface area contributed by atoms with Crippen molar-refractivity contribution in [3.63, 3.8) is 0 Å². The van der Waals surface area contributed by atoms with E-state index in [1.54, 1.807) is 19.1 Å². The van der Waals surface area contributed by atoms with Crippen LogP contribution in [0, 0.1) is 0 Å². The predicted octanol–water partition coefficient (Wildman–Crippen LogP) is 5.81. The maximum atomic E-state index is 12.5. The Kier molecular flexibility index (Phi) is 6.10. The molecule has 3 aromatic rings. The van der Waals surface area contributed by atoms with Gasteiger partial charge in [0.1, 0.15) is 0 Å². The fourth-order valence-corrected chi connectivity index (χ4v) is 3.28. The number of hydrogen-bond acceptors (Lipinski definition) is 5. The Balaban J connectivity index is 1.61. The highest BCUT2D eigenvalue weighted by Gasteiger charge is 2.19. The van der Waals surface area contributed by atoms with Crippen LogP contribution in [0.2, 0.25) is 5.02 Å². The minimum atomic E-state index is -0.388. The van der Waals surface area contributed by atoms with Gasteiger partial charge in [0.25, 0.3) is 5.22 Å². The summed E-state index contributed by atoms with van der Waals surface area (Å²) in [5.41, 5.74) is 2.83. The normalized spacial score (nSPS) is 12.6. The van der Waals surface area contributed by atoms with Crippen LogP contribution in [0.1, 0.15) is 33.3 Å². The summed E-state index contributed by atoms with van der Waals surface area (Å²) in [6.45, 7) is 8.27. The molecule has 0 radical (unpaired) electrons. The molecule has 0 aliphatic carbocycles. The van der Waals surface area contributed by atoms with Crippen LogP contribution < -0.4 is 5.32 Å². The summed E-state index contributed by atoms with van der Waals surface area (Å²) < 4.78 is 5.65. The van der Waals surface area contributed by atoms with E-state index in [4.69, 9.17) is 16.0 Å². The number of carbonyl (C=O) groups is 1. The van der Waals surface area contributed by atoms with E-state index in [1.165, 1.54) is 17.3 Å². The van der Waals surface area contributed by atoms with Crippen LogP contribution in [0.4, 0.5) is 5.69 Å². The summed E-state index contributed by atoms with van der Waals surface area (Å²) in [6, 6.07) is 15.0. The second kappa shape index (κ2) is 8.37. The first-order valence-electron chi connectivity index (χ1n) is 8.90. The highest BCUT2D eigenvalue weighted by molar-refractivity contribution is 8.00. The third-order valence-electron chi connectivity index (χ3n) is 4.16. The van der Waals surface area contributed by atoms with Crippen LogP contribution in [-0.4, -0.2) is 21.4 Å². The van der Waals surface area contributed by atoms with Crippen molar-refractivity contribution < 1.29 is 9.21 Å². The SMILES string of the molecule is CC(Sc1nnc(-c2ccc(Cl)cc2)o1)C(=O)Nc1ccc(C(C)(C)C)cc1. The molecule has 0 aliphatic rings. The smallest absolute Gasteiger partial charge is 0.277 e. The van der Waals surface area contributed by atoms with Crippen molar-refractivity contribution in [1.82, 2.24) is 10.2 Å². The molecule has 0 fully saturated rings. The summed E-state index contributed by atoms with van der Waals surface area (Å²) >= 11 is 7.11. The lowest BCUT2D eigenvalue weighted by Gasteiger charge is -2.19. The first-order chi connectivity index (χ1) is 13.2. The lowest BCUT2D eigenvalue weighted by atomic mass is 9.87. The zero-order chi connectivity index (χ0) is 20.3. The van der Waals surface area contributed by atoms with Crippen molar-refractivity contribution in [3.05, 3.63) is 59.1 Å². The molecule has 146 valence electrons. The Bertz CT molecular complexity index is 947. The fraction of sp³-hybridized carbons (Fsp3) is 0.286. The molecule has 0 saturated carbocycles. The standard InChI is InChI=1S/C21H22ClN3O2S/c1-13(18(26)23-17-11-7-15(8-12-17)21(2,3)4)28-20-25-24-19(27-20)14-5-9-16(22)10-6-14/h5-13H,1-4H3,(H,23,26). The van der Waals surface area contributed by atoms with Crippen LogP contribution >= 0.6 is 23.4 Å². The van der Waals surface area contributed by atoms with Gasteiger partial charge in [0.15, 0.2) is 0 Å². The number of benzene rings is 2. The molecule has 7 heteroatoms. The minimum absolute atomic E-state index is 0.0748. The number of carbonyl (C=O) groups excluding carboxylic acids is 1. The molecule has 0 saturated heterocycles. The Morgan fingerprint density at radius 3 is 2.32 bits per heavy atom. The van der Waals surface area contributed by atoms with Crippen molar-refractivity contribution in [2.24, 2.45) is 0 Å². The highest BCUT2D eigenvalue weighted by atomic mass is 35.5. The second-order valence-electron chi connectivity index (χ2n) is 7.46. The summed E-state index contributed by atoms with van der Waals surface area (Å²) in [6.07, 6.45) is 0. The molecule has 0 bridgehead atoms. The zero-order valence-electron chi connectivity index (χ0n) is 16.2. The average molecular weight is 416 g/mol. The number of nitrogens with zero attached hydrogens (tertiary/aromatic N) is 2. The van der Waals surface area contributed by atoms with Crippen molar-refractivity contribution in [2.75, 3.05) is 5.32 Å². The Hall–Kier alpha value is -2.31. The van der Waals surface area contributed by atoms with Gasteiger partial charge < -0.3 is 9.73 Å². The van der Waals surface area contributed by atoms with Crippen LogP contribution in [0.25, 0.3) is 11.5 Å². The molecule has 1 atom stereocenters. The molecule has 1 aromatic heterocycles. The number of aromatic nitrogens is 2. The first kappa shape index (κ1) is 20.4. The first-order valence-corrected chi connectivity index (χ1v) is 10.2. The second-order valence-corrected chi connectivity index (χ2v) is 9.19. The molecule has 5 nitrogen and oxygen atoms in total. The summed E-state index contributed by atoms with van der Waals surface area (Å²) in [7, 11) is 0. The van der Waals surface area contributed by atoms with Crippen molar-refractivity contribution >= 4 is 35.0 Å². The lowest BCUT2D eigenvalue weighted by Crippen LogP contribution is -2.22. The topological polar surface area (TPSA) is 68.0 Å². The summed E-state index contributed by atoms with van der Waals surface area (Å²) in [4.78, 5) is 12.5. The molecule has 1 N–H and O–H groups in total. The van der Waals surface area contributed by atoms with Gasteiger partial charge in [0.05, 0.1) is 5.25 Å². The molecule has 3 rings (SSSR count). The molecule has 2 aromatic carbocycles. The number of nitrogens with one attached hydrogen (secondary N) is 1. The van der Waals surface area contributed by atoms with Crippen LogP contribution in [0.5, 0.6) is 0 Å². The number of rotatable bonds is 5. The van der Waals surface area contributed by atoms with Crippen LogP contribution in [0.3, 0.4) is 0 Å². The maximum Gasteiger partial charge on any atom is 0.277 e. The van der Waals surface area contributed by atoms with Gasteiger partial charge in [-0.15, -0.1) is 10.2 Å². The van der Waals surface area contributed by atoms with Crippen molar-refractivity contribution in [3.8, 4) is 11.5 Å². The van der Waals surface area contributed by atoms with Gasteiger partial charge in [-0.25, -0.2) is 0 Å². The third-order valence-corrected chi connectivity index (χ3v) is 5.35. The highest BCUT2D eigenvalue weighted by Crippen LogP contribution is 2.28. The average Bonchev–Trinajstić information content (AvgIpc) is 3.10. The van der Waals surface area contributed by atoms with Gasteiger partial charge in [-0.05, 0) is 54.3 Å². The van der Waals surface area contributed by atoms with E-state index >= 15 is 0 Å². The van der Waals surface area contributed by atoms with Gasteiger partial charge in [-0.2, -0.15) is 0 Å². The van der Waals surface area contributed by atoms with Gasteiger partial charge in [-0.3, -0.25) is 4.79 Å². The number of thioether (sulfide) groups is 1. The molecule has 1 unspecified atom stereocenters. The predicted molar refractivity (Wildman–Crippen MR) is 114 cm³/mol. The Morgan fingerprint density at radius 2 is 1.71 bits per heavy atom. The van der Waals surface area contributed by atoms with E-state index < -0.39 is 0 Å². The van der Waals surface area contributed by atoms with Crippen LogP contribution in [-0.2, 0) is 10.2 Å².